The maximum atomic E-state index is 12.0. The summed E-state index contributed by atoms with van der Waals surface area (Å²) in [6, 6.07) is 7.85. The summed E-state index contributed by atoms with van der Waals surface area (Å²) >= 11 is 0. The number of carbonyl (C=O) groups is 1. The second-order valence-electron chi connectivity index (χ2n) is 6.61. The van der Waals surface area contributed by atoms with Gasteiger partial charge >= 0.3 is 0 Å². The van der Waals surface area contributed by atoms with Gasteiger partial charge in [0.2, 0.25) is 5.91 Å². The Hall–Kier alpha value is -2.23. The summed E-state index contributed by atoms with van der Waals surface area (Å²) in [6.45, 7) is 9.60. The molecule has 0 saturated heterocycles. The molecule has 0 aliphatic rings. The number of amides is 1. The molecule has 2 aromatic heterocycles. The highest BCUT2D eigenvalue weighted by molar-refractivity contribution is 5.81. The lowest BCUT2D eigenvalue weighted by Gasteiger charge is -2.21. The van der Waals surface area contributed by atoms with Crippen LogP contribution in [0.4, 0.5) is 0 Å². The molecule has 116 valence electrons. The number of nitrogens with one attached hydrogen (secondary N) is 1. The van der Waals surface area contributed by atoms with E-state index < -0.39 is 5.41 Å². The second-order valence-corrected chi connectivity index (χ2v) is 6.61. The number of hydrogen-bond acceptors (Lipinski definition) is 3. The first kappa shape index (κ1) is 16.1. The Morgan fingerprint density at radius 3 is 2.09 bits per heavy atom. The first-order chi connectivity index (χ1) is 10.3. The van der Waals surface area contributed by atoms with Gasteiger partial charge in [-0.05, 0) is 26.0 Å². The van der Waals surface area contributed by atoms with Gasteiger partial charge in [-0.2, -0.15) is 0 Å². The maximum Gasteiger partial charge on any atom is 0.225 e. The Kier molecular flexibility index (Phi) is 4.59. The van der Waals surface area contributed by atoms with Crippen molar-refractivity contribution in [3.8, 4) is 11.1 Å². The third kappa shape index (κ3) is 3.91. The van der Waals surface area contributed by atoms with Crippen molar-refractivity contribution in [2.24, 2.45) is 5.41 Å². The standard InChI is InChI=1S/C18H23N3O/c1-12-6-7-14(10-19-12)15-8-9-16(20-11-15)13(2)21-17(22)18(3,4)5/h6-11,13H,1-5H3,(H,21,22)/t13-/m1/s1. The number of carbonyl (C=O) groups excluding carboxylic acids is 1. The minimum Gasteiger partial charge on any atom is -0.348 e. The van der Waals surface area contributed by atoms with Gasteiger partial charge in [-0.1, -0.05) is 32.9 Å². The molecule has 1 amide bonds. The van der Waals surface area contributed by atoms with Gasteiger partial charge in [0, 0.05) is 34.6 Å². The molecule has 0 spiro atoms. The Bertz CT molecular complexity index is 640. The van der Waals surface area contributed by atoms with Crippen molar-refractivity contribution in [1.82, 2.24) is 15.3 Å². The van der Waals surface area contributed by atoms with Crippen LogP contribution in [0.15, 0.2) is 36.7 Å². The zero-order valence-corrected chi connectivity index (χ0v) is 13.8. The van der Waals surface area contributed by atoms with Crippen molar-refractivity contribution in [3.05, 3.63) is 48.0 Å². The fourth-order valence-electron chi connectivity index (χ4n) is 1.96. The Balaban J connectivity index is 2.11. The van der Waals surface area contributed by atoms with Crippen LogP contribution in [-0.2, 0) is 4.79 Å². The second kappa shape index (κ2) is 6.26. The monoisotopic (exact) mass is 297 g/mol. The van der Waals surface area contributed by atoms with Crippen LogP contribution in [0.2, 0.25) is 0 Å². The first-order valence-corrected chi connectivity index (χ1v) is 7.47. The Morgan fingerprint density at radius 2 is 1.64 bits per heavy atom. The molecule has 0 fully saturated rings. The van der Waals surface area contributed by atoms with Crippen LogP contribution in [0.3, 0.4) is 0 Å². The fourth-order valence-corrected chi connectivity index (χ4v) is 1.96. The van der Waals surface area contributed by atoms with E-state index in [4.69, 9.17) is 0 Å². The van der Waals surface area contributed by atoms with Gasteiger partial charge in [-0.25, -0.2) is 0 Å². The molecule has 4 nitrogen and oxygen atoms in total. The third-order valence-electron chi connectivity index (χ3n) is 3.50. The van der Waals surface area contributed by atoms with Crippen LogP contribution in [0.1, 0.15) is 45.1 Å². The number of rotatable bonds is 3. The molecule has 4 heteroatoms. The molecule has 0 unspecified atom stereocenters. The highest BCUT2D eigenvalue weighted by Gasteiger charge is 2.23. The molecular formula is C18H23N3O. The number of pyridine rings is 2. The molecule has 0 radical (unpaired) electrons. The summed E-state index contributed by atoms with van der Waals surface area (Å²) in [5.41, 5.74) is 3.50. The minimum atomic E-state index is -0.401. The molecule has 22 heavy (non-hydrogen) atoms. The zero-order valence-electron chi connectivity index (χ0n) is 13.8. The van der Waals surface area contributed by atoms with E-state index in [-0.39, 0.29) is 11.9 Å². The average molecular weight is 297 g/mol. The van der Waals surface area contributed by atoms with Crippen LogP contribution >= 0.6 is 0 Å². The molecule has 2 rings (SSSR count). The molecule has 0 saturated carbocycles. The average Bonchev–Trinajstić information content (AvgIpc) is 2.47. The highest BCUT2D eigenvalue weighted by Crippen LogP contribution is 2.21. The predicted octanol–water partition coefficient (Wildman–Crippen LogP) is 3.68. The van der Waals surface area contributed by atoms with E-state index in [9.17, 15) is 4.79 Å². The van der Waals surface area contributed by atoms with E-state index in [1.807, 2.05) is 71.3 Å². The third-order valence-corrected chi connectivity index (χ3v) is 3.50. The molecule has 0 aliphatic heterocycles. The molecular weight excluding hydrogens is 274 g/mol. The van der Waals surface area contributed by atoms with Crippen molar-refractivity contribution < 1.29 is 4.79 Å². The van der Waals surface area contributed by atoms with E-state index in [2.05, 4.69) is 15.3 Å². The van der Waals surface area contributed by atoms with Gasteiger partial charge < -0.3 is 5.32 Å². The molecule has 1 N–H and O–H groups in total. The van der Waals surface area contributed by atoms with E-state index in [0.717, 1.165) is 22.5 Å². The van der Waals surface area contributed by atoms with Crippen molar-refractivity contribution in [2.45, 2.75) is 40.7 Å². The lowest BCUT2D eigenvalue weighted by molar-refractivity contribution is -0.129. The number of aryl methyl sites for hydroxylation is 1. The summed E-state index contributed by atoms with van der Waals surface area (Å²) in [7, 11) is 0. The summed E-state index contributed by atoms with van der Waals surface area (Å²) in [4.78, 5) is 20.8. The molecule has 1 atom stereocenters. The molecule has 2 heterocycles. The lowest BCUT2D eigenvalue weighted by Crippen LogP contribution is -2.36. The Morgan fingerprint density at radius 1 is 1.05 bits per heavy atom. The Labute approximate surface area is 132 Å². The molecule has 0 aromatic carbocycles. The van der Waals surface area contributed by atoms with Gasteiger partial charge in [0.15, 0.2) is 0 Å². The molecule has 2 aromatic rings. The van der Waals surface area contributed by atoms with Gasteiger partial charge in [0.1, 0.15) is 0 Å². The quantitative estimate of drug-likeness (QED) is 0.940. The van der Waals surface area contributed by atoms with E-state index in [1.165, 1.54) is 0 Å². The minimum absolute atomic E-state index is 0.0219. The normalized spacial score (nSPS) is 12.8. The number of hydrogen-bond donors (Lipinski definition) is 1. The zero-order chi connectivity index (χ0) is 16.3. The summed E-state index contributed by atoms with van der Waals surface area (Å²) in [6.07, 6.45) is 3.66. The van der Waals surface area contributed by atoms with Crippen molar-refractivity contribution >= 4 is 5.91 Å². The van der Waals surface area contributed by atoms with Crippen molar-refractivity contribution in [2.75, 3.05) is 0 Å². The summed E-state index contributed by atoms with van der Waals surface area (Å²) in [5, 5.41) is 2.99. The van der Waals surface area contributed by atoms with E-state index in [0.29, 0.717) is 0 Å². The largest absolute Gasteiger partial charge is 0.348 e. The summed E-state index contributed by atoms with van der Waals surface area (Å²) < 4.78 is 0. The number of nitrogens with zero attached hydrogens (tertiary/aromatic N) is 2. The molecule has 0 aliphatic carbocycles. The topological polar surface area (TPSA) is 54.9 Å². The predicted molar refractivity (Wildman–Crippen MR) is 88.2 cm³/mol. The first-order valence-electron chi connectivity index (χ1n) is 7.47. The smallest absolute Gasteiger partial charge is 0.225 e. The fraction of sp³-hybridized carbons (Fsp3) is 0.389. The van der Waals surface area contributed by atoms with Gasteiger partial charge in [0.25, 0.3) is 0 Å². The van der Waals surface area contributed by atoms with E-state index >= 15 is 0 Å². The van der Waals surface area contributed by atoms with Crippen molar-refractivity contribution in [1.29, 1.82) is 0 Å². The van der Waals surface area contributed by atoms with E-state index in [1.54, 1.807) is 0 Å². The van der Waals surface area contributed by atoms with Crippen LogP contribution in [0.5, 0.6) is 0 Å². The SMILES string of the molecule is Cc1ccc(-c2ccc([C@@H](C)NC(=O)C(C)(C)C)nc2)cn1. The molecule has 0 bridgehead atoms. The van der Waals surface area contributed by atoms with Crippen molar-refractivity contribution in [3.63, 3.8) is 0 Å². The summed E-state index contributed by atoms with van der Waals surface area (Å²) in [5.74, 6) is 0.0219. The lowest BCUT2D eigenvalue weighted by atomic mass is 9.95. The van der Waals surface area contributed by atoms with Crippen LogP contribution in [0.25, 0.3) is 11.1 Å². The maximum absolute atomic E-state index is 12.0. The van der Waals surface area contributed by atoms with Crippen LogP contribution < -0.4 is 5.32 Å². The van der Waals surface area contributed by atoms with Crippen LogP contribution in [-0.4, -0.2) is 15.9 Å². The van der Waals surface area contributed by atoms with Gasteiger partial charge in [0.05, 0.1) is 11.7 Å². The highest BCUT2D eigenvalue weighted by atomic mass is 16.2. The van der Waals surface area contributed by atoms with Gasteiger partial charge in [-0.3, -0.25) is 14.8 Å². The van der Waals surface area contributed by atoms with Crippen LogP contribution in [0, 0.1) is 12.3 Å². The van der Waals surface area contributed by atoms with Gasteiger partial charge in [-0.15, -0.1) is 0 Å². The number of aromatic nitrogens is 2.